The average Bonchev–Trinajstić information content (AvgIpc) is 2.76. The molecule has 2 aromatic rings. The van der Waals surface area contributed by atoms with E-state index in [1.54, 1.807) is 11.4 Å². The minimum atomic E-state index is -0.555. The first kappa shape index (κ1) is 10.9. The molecule has 84 valence electrons. The molecule has 0 aliphatic carbocycles. The number of nitrogen functional groups attached to an aromatic ring is 1. The number of nitrogens with zero attached hydrogens (tertiary/aromatic N) is 3. The predicted molar refractivity (Wildman–Crippen MR) is 61.7 cm³/mol. The quantitative estimate of drug-likeness (QED) is 0.675. The molecule has 0 saturated carbocycles. The highest BCUT2D eigenvalue weighted by Crippen LogP contribution is 2.24. The van der Waals surface area contributed by atoms with Crippen molar-refractivity contribution < 1.29 is 4.92 Å². The van der Waals surface area contributed by atoms with E-state index >= 15 is 0 Å². The molecule has 16 heavy (non-hydrogen) atoms. The van der Waals surface area contributed by atoms with Gasteiger partial charge in [0.2, 0.25) is 5.82 Å². The molecule has 0 aliphatic rings. The van der Waals surface area contributed by atoms with Gasteiger partial charge in [-0.3, -0.25) is 10.1 Å². The Morgan fingerprint density at radius 1 is 1.69 bits per heavy atom. The Morgan fingerprint density at radius 3 is 2.94 bits per heavy atom. The van der Waals surface area contributed by atoms with Crippen LogP contribution < -0.4 is 5.73 Å². The summed E-state index contributed by atoms with van der Waals surface area (Å²) < 4.78 is 1.38. The molecule has 0 amide bonds. The second-order valence-corrected chi connectivity index (χ2v) is 4.49. The molecule has 2 rings (SSSR count). The Hall–Kier alpha value is -1.60. The lowest BCUT2D eigenvalue weighted by atomic mass is 10.4. The van der Waals surface area contributed by atoms with Crippen molar-refractivity contribution in [3.05, 3.63) is 37.7 Å². The van der Waals surface area contributed by atoms with E-state index in [4.69, 9.17) is 17.3 Å². The van der Waals surface area contributed by atoms with Crippen molar-refractivity contribution in [1.29, 1.82) is 0 Å². The molecule has 0 spiro atoms. The van der Waals surface area contributed by atoms with Crippen molar-refractivity contribution in [3.63, 3.8) is 0 Å². The van der Waals surface area contributed by atoms with E-state index in [9.17, 15) is 10.1 Å². The summed E-state index contributed by atoms with van der Waals surface area (Å²) in [6.45, 7) is 0.386. The smallest absolute Gasteiger partial charge is 0.330 e. The minimum absolute atomic E-state index is 0.0505. The molecule has 0 radical (unpaired) electrons. The van der Waals surface area contributed by atoms with Gasteiger partial charge in [0, 0.05) is 10.3 Å². The normalized spacial score (nSPS) is 10.6. The van der Waals surface area contributed by atoms with Gasteiger partial charge in [-0.1, -0.05) is 11.6 Å². The maximum absolute atomic E-state index is 10.5. The standard InChI is InChI=1S/C8H7ClN4O2S/c9-5-1-6(16-4-5)3-12-8(10)7(2-11-12)13(14)15/h1-2,4H,3,10H2. The van der Waals surface area contributed by atoms with Gasteiger partial charge >= 0.3 is 5.69 Å². The maximum Gasteiger partial charge on any atom is 0.330 e. The number of hydrogen-bond donors (Lipinski definition) is 1. The summed E-state index contributed by atoms with van der Waals surface area (Å²) in [5, 5.41) is 16.8. The van der Waals surface area contributed by atoms with Crippen LogP contribution in [0.4, 0.5) is 11.5 Å². The first-order valence-electron chi connectivity index (χ1n) is 4.26. The number of thiophene rings is 1. The number of hydrogen-bond acceptors (Lipinski definition) is 5. The Balaban J connectivity index is 2.25. The summed E-state index contributed by atoms with van der Waals surface area (Å²) in [5.74, 6) is 0.0505. The van der Waals surface area contributed by atoms with E-state index in [0.29, 0.717) is 11.6 Å². The Morgan fingerprint density at radius 2 is 2.44 bits per heavy atom. The highest BCUT2D eigenvalue weighted by Gasteiger charge is 2.17. The zero-order valence-corrected chi connectivity index (χ0v) is 9.53. The summed E-state index contributed by atoms with van der Waals surface area (Å²) in [7, 11) is 0. The second-order valence-electron chi connectivity index (χ2n) is 3.06. The van der Waals surface area contributed by atoms with Gasteiger partial charge in [0.1, 0.15) is 6.20 Å². The molecule has 0 atom stereocenters. The monoisotopic (exact) mass is 258 g/mol. The third-order valence-electron chi connectivity index (χ3n) is 1.98. The van der Waals surface area contributed by atoms with Crippen LogP contribution in [0.1, 0.15) is 4.88 Å². The van der Waals surface area contributed by atoms with Gasteiger partial charge in [-0.15, -0.1) is 11.3 Å². The highest BCUT2D eigenvalue weighted by atomic mass is 35.5. The summed E-state index contributed by atoms with van der Waals surface area (Å²) in [6.07, 6.45) is 1.14. The topological polar surface area (TPSA) is 87.0 Å². The Kier molecular flexibility index (Phi) is 2.80. The van der Waals surface area contributed by atoms with Crippen molar-refractivity contribution >= 4 is 34.4 Å². The molecule has 0 aliphatic heterocycles. The number of nitro groups is 1. The SMILES string of the molecule is Nc1c([N+](=O)[O-])cnn1Cc1cc(Cl)cs1. The molecule has 2 N–H and O–H groups in total. The molecule has 0 fully saturated rings. The molecular weight excluding hydrogens is 252 g/mol. The fraction of sp³-hybridized carbons (Fsp3) is 0.125. The number of nitrogens with two attached hydrogens (primary N) is 1. The highest BCUT2D eigenvalue weighted by molar-refractivity contribution is 7.10. The third kappa shape index (κ3) is 2.00. The van der Waals surface area contributed by atoms with Gasteiger partial charge in [0.25, 0.3) is 0 Å². The van der Waals surface area contributed by atoms with Gasteiger partial charge in [-0.05, 0) is 6.07 Å². The average molecular weight is 259 g/mol. The van der Waals surface area contributed by atoms with E-state index in [2.05, 4.69) is 5.10 Å². The van der Waals surface area contributed by atoms with Crippen LogP contribution in [0.15, 0.2) is 17.6 Å². The second kappa shape index (κ2) is 4.11. The maximum atomic E-state index is 10.5. The largest absolute Gasteiger partial charge is 0.378 e. The summed E-state index contributed by atoms with van der Waals surface area (Å²) in [6, 6.07) is 1.78. The molecular formula is C8H7ClN4O2S. The molecule has 0 aromatic carbocycles. The van der Waals surface area contributed by atoms with Crippen LogP contribution >= 0.6 is 22.9 Å². The van der Waals surface area contributed by atoms with Crippen LogP contribution in [0.3, 0.4) is 0 Å². The molecule has 2 heterocycles. The number of anilines is 1. The van der Waals surface area contributed by atoms with Crippen molar-refractivity contribution in [1.82, 2.24) is 9.78 Å². The molecule has 8 heteroatoms. The van der Waals surface area contributed by atoms with E-state index in [0.717, 1.165) is 11.1 Å². The van der Waals surface area contributed by atoms with Crippen LogP contribution in [0.25, 0.3) is 0 Å². The molecule has 0 bridgehead atoms. The fourth-order valence-electron chi connectivity index (χ4n) is 1.24. The third-order valence-corrected chi connectivity index (χ3v) is 3.25. The van der Waals surface area contributed by atoms with Gasteiger partial charge in [0.15, 0.2) is 0 Å². The van der Waals surface area contributed by atoms with E-state index in [1.165, 1.54) is 16.0 Å². The first-order valence-corrected chi connectivity index (χ1v) is 5.52. The first-order chi connectivity index (χ1) is 7.58. The molecule has 2 aromatic heterocycles. The number of halogens is 1. The van der Waals surface area contributed by atoms with Crippen LogP contribution in [-0.2, 0) is 6.54 Å². The zero-order chi connectivity index (χ0) is 11.7. The van der Waals surface area contributed by atoms with Crippen LogP contribution in [0.5, 0.6) is 0 Å². The minimum Gasteiger partial charge on any atom is -0.378 e. The van der Waals surface area contributed by atoms with Crippen molar-refractivity contribution in [2.75, 3.05) is 5.73 Å². The summed E-state index contributed by atoms with van der Waals surface area (Å²) in [4.78, 5) is 10.9. The van der Waals surface area contributed by atoms with E-state index in [1.807, 2.05) is 0 Å². The van der Waals surface area contributed by atoms with E-state index < -0.39 is 4.92 Å². The van der Waals surface area contributed by atoms with Crippen molar-refractivity contribution in [3.8, 4) is 0 Å². The lowest BCUT2D eigenvalue weighted by molar-refractivity contribution is -0.384. The molecule has 0 saturated heterocycles. The Labute approximate surface area is 99.4 Å². The van der Waals surface area contributed by atoms with Gasteiger partial charge in [-0.25, -0.2) is 4.68 Å². The lowest BCUT2D eigenvalue weighted by Crippen LogP contribution is -2.05. The zero-order valence-electron chi connectivity index (χ0n) is 7.96. The molecule has 6 nitrogen and oxygen atoms in total. The van der Waals surface area contributed by atoms with Gasteiger partial charge < -0.3 is 5.73 Å². The summed E-state index contributed by atoms with van der Waals surface area (Å²) in [5.41, 5.74) is 5.41. The fourth-order valence-corrected chi connectivity index (χ4v) is 2.29. The van der Waals surface area contributed by atoms with E-state index in [-0.39, 0.29) is 11.5 Å². The van der Waals surface area contributed by atoms with Gasteiger partial charge in [-0.2, -0.15) is 5.10 Å². The Bertz CT molecular complexity index is 536. The van der Waals surface area contributed by atoms with Crippen molar-refractivity contribution in [2.24, 2.45) is 0 Å². The van der Waals surface area contributed by atoms with Crippen LogP contribution in [0.2, 0.25) is 5.02 Å². The summed E-state index contributed by atoms with van der Waals surface area (Å²) >= 11 is 7.22. The predicted octanol–water partition coefficient (Wildman–Crippen LogP) is 2.14. The lowest BCUT2D eigenvalue weighted by Gasteiger charge is -1.99. The van der Waals surface area contributed by atoms with Crippen molar-refractivity contribution in [2.45, 2.75) is 6.54 Å². The number of aromatic nitrogens is 2. The van der Waals surface area contributed by atoms with Gasteiger partial charge in [0.05, 0.1) is 16.5 Å². The van der Waals surface area contributed by atoms with Crippen LogP contribution in [-0.4, -0.2) is 14.7 Å². The number of rotatable bonds is 3. The van der Waals surface area contributed by atoms with Crippen LogP contribution in [0, 0.1) is 10.1 Å². The molecule has 0 unspecified atom stereocenters.